The number of nitrogens with one attached hydrogen (secondary N) is 1. The van der Waals surface area contributed by atoms with E-state index < -0.39 is 0 Å². The largest absolute Gasteiger partial charge is 0.369 e. The second-order valence-corrected chi connectivity index (χ2v) is 7.90. The van der Waals surface area contributed by atoms with E-state index in [1.807, 2.05) is 7.05 Å². The molecule has 0 radical (unpaired) electrons. The van der Waals surface area contributed by atoms with Crippen molar-refractivity contribution in [2.45, 2.75) is 38.1 Å². The molecule has 0 aromatic heterocycles. The van der Waals surface area contributed by atoms with Gasteiger partial charge in [-0.05, 0) is 62.7 Å². The summed E-state index contributed by atoms with van der Waals surface area (Å²) in [7, 11) is 2.04. The lowest BCUT2D eigenvalue weighted by Gasteiger charge is -2.39. The number of carbonyl (C=O) groups is 1. The van der Waals surface area contributed by atoms with E-state index in [-0.39, 0.29) is 30.7 Å². The van der Waals surface area contributed by atoms with Gasteiger partial charge in [0.25, 0.3) is 0 Å². The zero-order valence-electron chi connectivity index (χ0n) is 15.5. The van der Waals surface area contributed by atoms with Crippen LogP contribution >= 0.6 is 24.8 Å². The van der Waals surface area contributed by atoms with Crippen LogP contribution in [-0.2, 0) is 4.79 Å². The van der Waals surface area contributed by atoms with Crippen LogP contribution in [0.5, 0.6) is 0 Å². The molecular weight excluding hydrogens is 369 g/mol. The second kappa shape index (κ2) is 8.81. The van der Waals surface area contributed by atoms with Crippen molar-refractivity contribution < 1.29 is 4.79 Å². The summed E-state index contributed by atoms with van der Waals surface area (Å²) in [5.74, 6) is 0.688. The van der Waals surface area contributed by atoms with E-state index in [1.54, 1.807) is 0 Å². The van der Waals surface area contributed by atoms with Crippen LogP contribution in [0.15, 0.2) is 30.3 Å². The number of amides is 1. The van der Waals surface area contributed by atoms with Crippen LogP contribution in [0.4, 0.5) is 5.69 Å². The van der Waals surface area contributed by atoms with Crippen LogP contribution in [0, 0.1) is 11.3 Å². The van der Waals surface area contributed by atoms with Crippen molar-refractivity contribution in [3.05, 3.63) is 30.3 Å². The van der Waals surface area contributed by atoms with Gasteiger partial charge in [-0.15, -0.1) is 24.8 Å². The van der Waals surface area contributed by atoms with Gasteiger partial charge in [-0.25, -0.2) is 0 Å². The van der Waals surface area contributed by atoms with Crippen molar-refractivity contribution >= 4 is 36.4 Å². The highest BCUT2D eigenvalue weighted by Gasteiger charge is 2.58. The first-order valence-electron chi connectivity index (χ1n) is 9.47. The molecule has 1 aromatic carbocycles. The van der Waals surface area contributed by atoms with E-state index in [1.165, 1.54) is 18.5 Å². The highest BCUT2D eigenvalue weighted by Crippen LogP contribution is 2.59. The van der Waals surface area contributed by atoms with E-state index in [9.17, 15) is 4.79 Å². The Bertz CT molecular complexity index is 592. The first-order valence-corrected chi connectivity index (χ1v) is 9.47. The number of hydrogen-bond donors (Lipinski definition) is 1. The molecule has 26 heavy (non-hydrogen) atoms. The maximum absolute atomic E-state index is 13.0. The van der Waals surface area contributed by atoms with Gasteiger partial charge >= 0.3 is 0 Å². The smallest absolute Gasteiger partial charge is 0.226 e. The predicted octanol–water partition coefficient (Wildman–Crippen LogP) is 3.35. The standard InChI is InChI=1S/C20H29N3O.2ClH/c1-22(19(24)18-14-20(18)9-11-21-12-10-20)17-8-5-13-23(15-17)16-6-3-2-4-7-16;;/h2-4,6-7,17-18,21H,5,8-15H2,1H3;2*1H. The molecule has 2 saturated heterocycles. The minimum absolute atomic E-state index is 0. The topological polar surface area (TPSA) is 35.6 Å². The molecule has 1 aliphatic carbocycles. The number of nitrogens with zero attached hydrogens (tertiary/aromatic N) is 2. The minimum atomic E-state index is 0. The molecule has 1 aromatic rings. The summed E-state index contributed by atoms with van der Waals surface area (Å²) < 4.78 is 0. The van der Waals surface area contributed by atoms with Crippen LogP contribution in [0.2, 0.25) is 0 Å². The third-order valence-electron chi connectivity index (χ3n) is 6.50. The van der Waals surface area contributed by atoms with E-state index in [2.05, 4.69) is 45.4 Å². The summed E-state index contributed by atoms with van der Waals surface area (Å²) in [4.78, 5) is 17.5. The van der Waals surface area contributed by atoms with Gasteiger partial charge in [0.2, 0.25) is 5.91 Å². The zero-order valence-corrected chi connectivity index (χ0v) is 17.2. The Kier molecular flexibility index (Phi) is 7.23. The fraction of sp³-hybridized carbons (Fsp3) is 0.650. The van der Waals surface area contributed by atoms with Crippen LogP contribution in [-0.4, -0.2) is 50.1 Å². The lowest BCUT2D eigenvalue weighted by Crippen LogP contribution is -2.49. The number of rotatable bonds is 3. The van der Waals surface area contributed by atoms with E-state index in [0.717, 1.165) is 45.4 Å². The van der Waals surface area contributed by atoms with E-state index in [0.29, 0.717) is 17.4 Å². The Hall–Kier alpha value is -0.970. The van der Waals surface area contributed by atoms with Gasteiger partial charge in [-0.2, -0.15) is 0 Å². The molecule has 2 unspecified atom stereocenters. The fourth-order valence-corrected chi connectivity index (χ4v) is 4.74. The Balaban J connectivity index is 0.00000121. The number of piperidine rings is 2. The normalized spacial score (nSPS) is 26.4. The molecule has 6 heteroatoms. The van der Waals surface area contributed by atoms with Crippen molar-refractivity contribution in [3.63, 3.8) is 0 Å². The van der Waals surface area contributed by atoms with Crippen LogP contribution < -0.4 is 10.2 Å². The summed E-state index contributed by atoms with van der Waals surface area (Å²) in [6.45, 7) is 4.23. The molecular formula is C20H31Cl2N3O. The maximum Gasteiger partial charge on any atom is 0.226 e. The van der Waals surface area contributed by atoms with Gasteiger partial charge in [0.1, 0.15) is 0 Å². The van der Waals surface area contributed by atoms with Gasteiger partial charge in [0.15, 0.2) is 0 Å². The van der Waals surface area contributed by atoms with Crippen LogP contribution in [0.1, 0.15) is 32.1 Å². The molecule has 4 rings (SSSR count). The molecule has 146 valence electrons. The molecule has 3 aliphatic rings. The molecule has 1 amide bonds. The number of anilines is 1. The average molecular weight is 400 g/mol. The quantitative estimate of drug-likeness (QED) is 0.846. The second-order valence-electron chi connectivity index (χ2n) is 7.90. The Morgan fingerprint density at radius 1 is 1.19 bits per heavy atom. The summed E-state index contributed by atoms with van der Waals surface area (Å²) in [6.07, 6.45) is 5.77. The van der Waals surface area contributed by atoms with Gasteiger partial charge in [0.05, 0.1) is 0 Å². The van der Waals surface area contributed by atoms with E-state index >= 15 is 0 Å². The first kappa shape index (κ1) is 21.3. The SMILES string of the molecule is CN(C(=O)C1CC12CCNCC2)C1CCCN(c2ccccc2)C1.Cl.Cl. The monoisotopic (exact) mass is 399 g/mol. The number of likely N-dealkylation sites (N-methyl/N-ethyl adjacent to an activating group) is 1. The van der Waals surface area contributed by atoms with Gasteiger partial charge < -0.3 is 15.1 Å². The molecule has 2 atom stereocenters. The third-order valence-corrected chi connectivity index (χ3v) is 6.50. The molecule has 1 saturated carbocycles. The van der Waals surface area contributed by atoms with Crippen molar-refractivity contribution in [3.8, 4) is 0 Å². The summed E-state index contributed by atoms with van der Waals surface area (Å²) in [5.41, 5.74) is 1.62. The lowest BCUT2D eigenvalue weighted by molar-refractivity contribution is -0.134. The summed E-state index contributed by atoms with van der Waals surface area (Å²) >= 11 is 0. The average Bonchev–Trinajstić information content (AvgIpc) is 3.34. The summed E-state index contributed by atoms with van der Waals surface area (Å²) in [6, 6.07) is 11.0. The number of benzene rings is 1. The Morgan fingerprint density at radius 2 is 1.88 bits per heavy atom. The Morgan fingerprint density at radius 3 is 2.58 bits per heavy atom. The molecule has 2 aliphatic heterocycles. The van der Waals surface area contributed by atoms with Gasteiger partial charge in [-0.1, -0.05) is 18.2 Å². The van der Waals surface area contributed by atoms with Gasteiger partial charge in [0, 0.05) is 37.8 Å². The number of halogens is 2. The van der Waals surface area contributed by atoms with Gasteiger partial charge in [-0.3, -0.25) is 4.79 Å². The predicted molar refractivity (Wildman–Crippen MR) is 112 cm³/mol. The number of para-hydroxylation sites is 1. The number of hydrogen-bond acceptors (Lipinski definition) is 3. The summed E-state index contributed by atoms with van der Waals surface area (Å²) in [5, 5.41) is 3.42. The van der Waals surface area contributed by atoms with Crippen LogP contribution in [0.3, 0.4) is 0 Å². The van der Waals surface area contributed by atoms with Crippen molar-refractivity contribution in [1.82, 2.24) is 10.2 Å². The van der Waals surface area contributed by atoms with Crippen molar-refractivity contribution in [2.24, 2.45) is 11.3 Å². The zero-order chi connectivity index (χ0) is 16.6. The minimum Gasteiger partial charge on any atom is -0.369 e. The molecule has 4 nitrogen and oxygen atoms in total. The van der Waals surface area contributed by atoms with Crippen molar-refractivity contribution in [1.29, 1.82) is 0 Å². The highest BCUT2D eigenvalue weighted by atomic mass is 35.5. The third kappa shape index (κ3) is 4.13. The molecule has 2 heterocycles. The Labute approximate surface area is 169 Å². The van der Waals surface area contributed by atoms with Crippen LogP contribution in [0.25, 0.3) is 0 Å². The fourth-order valence-electron chi connectivity index (χ4n) is 4.74. The molecule has 0 bridgehead atoms. The first-order chi connectivity index (χ1) is 11.7. The van der Waals surface area contributed by atoms with E-state index in [4.69, 9.17) is 0 Å². The molecule has 3 fully saturated rings. The van der Waals surface area contributed by atoms with Crippen molar-refractivity contribution in [2.75, 3.05) is 38.1 Å². The highest BCUT2D eigenvalue weighted by molar-refractivity contribution is 5.85. The lowest BCUT2D eigenvalue weighted by atomic mass is 9.91. The molecule has 1 spiro atoms. The maximum atomic E-state index is 13.0. The number of carbonyl (C=O) groups excluding carboxylic acids is 1. The molecule has 1 N–H and O–H groups in total.